The maximum atomic E-state index is 11.5. The summed E-state index contributed by atoms with van der Waals surface area (Å²) in [5.41, 5.74) is 4.88. The highest BCUT2D eigenvalue weighted by molar-refractivity contribution is 6.07. The maximum absolute atomic E-state index is 11.5. The lowest BCUT2D eigenvalue weighted by molar-refractivity contribution is -0.125. The van der Waals surface area contributed by atoms with Crippen molar-refractivity contribution in [2.24, 2.45) is 11.7 Å². The molecule has 1 saturated heterocycles. The van der Waals surface area contributed by atoms with Gasteiger partial charge in [0.05, 0.1) is 0 Å². The van der Waals surface area contributed by atoms with Crippen LogP contribution in [0, 0.1) is 5.92 Å². The first-order valence-electron chi connectivity index (χ1n) is 4.53. The summed E-state index contributed by atoms with van der Waals surface area (Å²) in [6.45, 7) is 0.452. The predicted molar refractivity (Wildman–Crippen MR) is 45.8 cm³/mol. The van der Waals surface area contributed by atoms with E-state index in [0.717, 1.165) is 12.8 Å². The minimum Gasteiger partial charge on any atom is -0.330 e. The molecule has 0 aromatic carbocycles. The Balaban J connectivity index is 2.28. The molecule has 3 amide bonds. The van der Waals surface area contributed by atoms with Crippen molar-refractivity contribution < 1.29 is 9.59 Å². The van der Waals surface area contributed by atoms with E-state index in [1.807, 2.05) is 0 Å². The average molecular weight is 183 g/mol. The van der Waals surface area contributed by atoms with Gasteiger partial charge in [-0.05, 0) is 19.4 Å². The number of nitrogens with one attached hydrogen (secondary N) is 2. The molecule has 13 heavy (non-hydrogen) atoms. The van der Waals surface area contributed by atoms with Crippen LogP contribution in [0.25, 0.3) is 0 Å². The number of carbonyl (C=O) groups is 2. The smallest absolute Gasteiger partial charge is 0.322 e. The van der Waals surface area contributed by atoms with Crippen molar-refractivity contribution in [3.05, 3.63) is 0 Å². The number of carbonyl (C=O) groups excluding carboxylic acids is 2. The number of amides is 3. The molecule has 5 nitrogen and oxygen atoms in total. The van der Waals surface area contributed by atoms with Crippen LogP contribution in [0.5, 0.6) is 0 Å². The Morgan fingerprint density at radius 1 is 1.54 bits per heavy atom. The molecule has 1 heterocycles. The van der Waals surface area contributed by atoms with Gasteiger partial charge in [-0.2, -0.15) is 0 Å². The van der Waals surface area contributed by atoms with Crippen molar-refractivity contribution in [1.29, 1.82) is 0 Å². The van der Waals surface area contributed by atoms with Gasteiger partial charge < -0.3 is 11.1 Å². The highest BCUT2D eigenvalue weighted by Gasteiger charge is 2.53. The topological polar surface area (TPSA) is 84.2 Å². The normalized spacial score (nSPS) is 38.1. The van der Waals surface area contributed by atoms with Crippen LogP contribution in [-0.4, -0.2) is 24.0 Å². The fourth-order valence-corrected chi connectivity index (χ4v) is 2.37. The minimum atomic E-state index is -0.689. The highest BCUT2D eigenvalue weighted by Crippen LogP contribution is 2.36. The van der Waals surface area contributed by atoms with E-state index in [4.69, 9.17) is 5.73 Å². The molecule has 1 spiro atoms. The molecule has 1 aliphatic carbocycles. The minimum absolute atomic E-state index is 0.0962. The van der Waals surface area contributed by atoms with E-state index in [9.17, 15) is 9.59 Å². The van der Waals surface area contributed by atoms with Gasteiger partial charge >= 0.3 is 6.03 Å². The lowest BCUT2D eigenvalue weighted by Crippen LogP contribution is -2.52. The Labute approximate surface area is 76.0 Å². The van der Waals surface area contributed by atoms with Gasteiger partial charge in [0.1, 0.15) is 5.54 Å². The van der Waals surface area contributed by atoms with Gasteiger partial charge in [0.15, 0.2) is 0 Å². The molecule has 1 aliphatic heterocycles. The molecule has 0 aromatic rings. The molecule has 0 radical (unpaired) electrons. The first kappa shape index (κ1) is 8.50. The van der Waals surface area contributed by atoms with Crippen molar-refractivity contribution in [3.8, 4) is 0 Å². The van der Waals surface area contributed by atoms with Gasteiger partial charge in [0, 0.05) is 5.92 Å². The average Bonchev–Trinajstić information content (AvgIpc) is 2.59. The van der Waals surface area contributed by atoms with Gasteiger partial charge in [0.25, 0.3) is 5.91 Å². The monoisotopic (exact) mass is 183 g/mol. The van der Waals surface area contributed by atoms with Crippen LogP contribution in [0.3, 0.4) is 0 Å². The summed E-state index contributed by atoms with van der Waals surface area (Å²) in [6.07, 6.45) is 2.59. The second kappa shape index (κ2) is 2.70. The summed E-state index contributed by atoms with van der Waals surface area (Å²) in [4.78, 5) is 22.5. The summed E-state index contributed by atoms with van der Waals surface area (Å²) >= 11 is 0. The zero-order valence-electron chi connectivity index (χ0n) is 7.30. The van der Waals surface area contributed by atoms with Gasteiger partial charge in [0.2, 0.25) is 0 Å². The van der Waals surface area contributed by atoms with E-state index in [2.05, 4.69) is 10.6 Å². The molecule has 0 unspecified atom stereocenters. The molecule has 0 aromatic heterocycles. The molecule has 0 bridgehead atoms. The fraction of sp³-hybridized carbons (Fsp3) is 0.750. The van der Waals surface area contributed by atoms with Crippen LogP contribution >= 0.6 is 0 Å². The number of rotatable bonds is 1. The predicted octanol–water partition coefficient (Wildman–Crippen LogP) is -0.677. The lowest BCUT2D eigenvalue weighted by atomic mass is 9.87. The first-order chi connectivity index (χ1) is 6.19. The van der Waals surface area contributed by atoms with Crippen molar-refractivity contribution in [2.45, 2.75) is 24.8 Å². The third kappa shape index (κ3) is 1.03. The van der Waals surface area contributed by atoms with Crippen LogP contribution in [0.2, 0.25) is 0 Å². The van der Waals surface area contributed by atoms with E-state index in [1.165, 1.54) is 0 Å². The summed E-state index contributed by atoms with van der Waals surface area (Å²) in [5, 5.41) is 4.97. The van der Waals surface area contributed by atoms with Crippen molar-refractivity contribution >= 4 is 11.9 Å². The number of urea groups is 1. The third-order valence-corrected chi connectivity index (χ3v) is 3.07. The van der Waals surface area contributed by atoms with Crippen molar-refractivity contribution in [2.75, 3.05) is 6.54 Å². The van der Waals surface area contributed by atoms with E-state index in [0.29, 0.717) is 13.0 Å². The molecule has 1 saturated carbocycles. The Morgan fingerprint density at radius 2 is 2.31 bits per heavy atom. The van der Waals surface area contributed by atoms with Crippen LogP contribution in [0.15, 0.2) is 0 Å². The molecular weight excluding hydrogens is 170 g/mol. The van der Waals surface area contributed by atoms with Gasteiger partial charge in [-0.1, -0.05) is 6.42 Å². The summed E-state index contributed by atoms with van der Waals surface area (Å²) in [6, 6.07) is -0.384. The van der Waals surface area contributed by atoms with Crippen LogP contribution < -0.4 is 16.4 Å². The molecular formula is C8H13N3O2. The molecule has 4 N–H and O–H groups in total. The number of imide groups is 1. The number of hydrogen-bond acceptors (Lipinski definition) is 3. The molecule has 72 valence electrons. The van der Waals surface area contributed by atoms with Crippen LogP contribution in [-0.2, 0) is 4.79 Å². The second-order valence-electron chi connectivity index (χ2n) is 3.70. The summed E-state index contributed by atoms with van der Waals surface area (Å²) < 4.78 is 0. The van der Waals surface area contributed by atoms with Crippen molar-refractivity contribution in [3.63, 3.8) is 0 Å². The largest absolute Gasteiger partial charge is 0.330 e. The number of hydrogen-bond donors (Lipinski definition) is 3. The Hall–Kier alpha value is -1.10. The first-order valence-corrected chi connectivity index (χ1v) is 4.53. The van der Waals surface area contributed by atoms with Crippen LogP contribution in [0.1, 0.15) is 19.3 Å². The second-order valence-corrected chi connectivity index (χ2v) is 3.70. The zero-order valence-corrected chi connectivity index (χ0v) is 7.30. The Bertz CT molecular complexity index is 266. The standard InChI is InChI=1S/C8H13N3O2/c9-4-5-2-1-3-8(5)6(12)10-7(13)11-8/h5H,1-4,9H2,(H2,10,11,12,13)/t5-,8-/m0/s1. The number of nitrogens with two attached hydrogens (primary N) is 1. The van der Waals surface area contributed by atoms with E-state index < -0.39 is 5.54 Å². The Morgan fingerprint density at radius 3 is 2.85 bits per heavy atom. The zero-order chi connectivity index (χ0) is 9.47. The molecule has 2 rings (SSSR count). The molecule has 2 atom stereocenters. The molecule has 5 heteroatoms. The van der Waals surface area contributed by atoms with Crippen molar-refractivity contribution in [1.82, 2.24) is 10.6 Å². The Kier molecular flexibility index (Phi) is 1.76. The van der Waals surface area contributed by atoms with E-state index in [-0.39, 0.29) is 17.9 Å². The van der Waals surface area contributed by atoms with Gasteiger partial charge in [-0.25, -0.2) is 4.79 Å². The molecule has 2 fully saturated rings. The van der Waals surface area contributed by atoms with Gasteiger partial charge in [-0.3, -0.25) is 10.1 Å². The quantitative estimate of drug-likeness (QED) is 0.471. The summed E-state index contributed by atoms with van der Waals surface area (Å²) in [5.74, 6) is -0.107. The van der Waals surface area contributed by atoms with Gasteiger partial charge in [-0.15, -0.1) is 0 Å². The summed E-state index contributed by atoms with van der Waals surface area (Å²) in [7, 11) is 0. The molecule has 2 aliphatic rings. The third-order valence-electron chi connectivity index (χ3n) is 3.07. The fourth-order valence-electron chi connectivity index (χ4n) is 2.37. The van der Waals surface area contributed by atoms with Crippen LogP contribution in [0.4, 0.5) is 4.79 Å². The maximum Gasteiger partial charge on any atom is 0.322 e. The van der Waals surface area contributed by atoms with E-state index >= 15 is 0 Å². The SMILES string of the molecule is NC[C@@H]1CCC[C@]12NC(=O)NC2=O. The van der Waals surface area contributed by atoms with E-state index in [1.54, 1.807) is 0 Å². The highest BCUT2D eigenvalue weighted by atomic mass is 16.2. The lowest BCUT2D eigenvalue weighted by Gasteiger charge is -2.26.